The minimum atomic E-state index is -4.79. The van der Waals surface area contributed by atoms with Crippen LogP contribution in [0.15, 0.2) is 53.6 Å². The predicted octanol–water partition coefficient (Wildman–Crippen LogP) is 2.79. The third-order valence-electron chi connectivity index (χ3n) is 4.08. The van der Waals surface area contributed by atoms with Gasteiger partial charge in [0.1, 0.15) is 5.82 Å². The first-order chi connectivity index (χ1) is 13.6. The second kappa shape index (κ2) is 7.84. The Kier molecular flexibility index (Phi) is 5.62. The fourth-order valence-corrected chi connectivity index (χ4v) is 3.23. The molecule has 0 atom stereocenters. The number of nitrogens with one attached hydrogen (secondary N) is 1. The van der Waals surface area contributed by atoms with E-state index in [1.165, 1.54) is 12.1 Å². The van der Waals surface area contributed by atoms with E-state index in [9.17, 15) is 26.7 Å². The Balaban J connectivity index is 2.08. The summed E-state index contributed by atoms with van der Waals surface area (Å²) in [5, 5.41) is 16.0. The number of aliphatic hydroxyl groups excluding tert-OH is 1. The Morgan fingerprint density at radius 2 is 1.83 bits per heavy atom. The van der Waals surface area contributed by atoms with E-state index in [4.69, 9.17) is 0 Å². The summed E-state index contributed by atoms with van der Waals surface area (Å²) in [6.45, 7) is -0.717. The molecule has 0 unspecified atom stereocenters. The van der Waals surface area contributed by atoms with Gasteiger partial charge in [-0.15, -0.1) is 0 Å². The molecule has 0 saturated heterocycles. The second-order valence-corrected chi connectivity index (χ2v) is 8.22. The van der Waals surface area contributed by atoms with Crippen molar-refractivity contribution >= 4 is 15.7 Å². The lowest BCUT2D eigenvalue weighted by Gasteiger charge is -2.11. The highest BCUT2D eigenvalue weighted by Gasteiger charge is 2.39. The van der Waals surface area contributed by atoms with Crippen LogP contribution in [0.2, 0.25) is 0 Å². The lowest BCUT2D eigenvalue weighted by Crippen LogP contribution is -2.10. The van der Waals surface area contributed by atoms with Crippen LogP contribution in [0.5, 0.6) is 0 Å². The van der Waals surface area contributed by atoms with Crippen molar-refractivity contribution < 1.29 is 26.7 Å². The number of anilines is 1. The highest BCUT2D eigenvalue weighted by atomic mass is 32.2. The number of aromatic nitrogens is 3. The number of pyridine rings is 1. The Hall–Kier alpha value is -2.92. The quantitative estimate of drug-likeness (QED) is 0.629. The van der Waals surface area contributed by atoms with Gasteiger partial charge in [-0.05, 0) is 17.7 Å². The van der Waals surface area contributed by atoms with Gasteiger partial charge in [0.2, 0.25) is 0 Å². The van der Waals surface area contributed by atoms with E-state index in [2.05, 4.69) is 15.4 Å². The molecule has 11 heteroatoms. The van der Waals surface area contributed by atoms with Gasteiger partial charge in [0.25, 0.3) is 0 Å². The standard InChI is InChI=1S/C18H17F3N4O3S/c1-29(27,28)13-7-8-15(22-10-13)25-17(23-9-12-5-3-2-4-6-12)14(11-26)16(24-25)18(19,20)21/h2-8,10,23,26H,9,11H2,1H3. The highest BCUT2D eigenvalue weighted by Crippen LogP contribution is 2.36. The lowest BCUT2D eigenvalue weighted by molar-refractivity contribution is -0.142. The van der Waals surface area contributed by atoms with Crippen LogP contribution in [-0.2, 0) is 29.2 Å². The van der Waals surface area contributed by atoms with Crippen molar-refractivity contribution in [1.29, 1.82) is 0 Å². The zero-order chi connectivity index (χ0) is 21.2. The monoisotopic (exact) mass is 426 g/mol. The molecule has 0 bridgehead atoms. The van der Waals surface area contributed by atoms with Gasteiger partial charge in [-0.1, -0.05) is 30.3 Å². The van der Waals surface area contributed by atoms with Crippen LogP contribution < -0.4 is 5.32 Å². The molecule has 1 aromatic carbocycles. The maximum absolute atomic E-state index is 13.4. The van der Waals surface area contributed by atoms with Gasteiger partial charge < -0.3 is 10.4 Å². The van der Waals surface area contributed by atoms with Crippen molar-refractivity contribution in [2.75, 3.05) is 11.6 Å². The average Bonchev–Trinajstić information content (AvgIpc) is 3.05. The van der Waals surface area contributed by atoms with Gasteiger partial charge >= 0.3 is 6.18 Å². The van der Waals surface area contributed by atoms with Crippen LogP contribution >= 0.6 is 0 Å². The summed E-state index contributed by atoms with van der Waals surface area (Å²) in [5.41, 5.74) is -0.870. The molecule has 0 saturated carbocycles. The predicted molar refractivity (Wildman–Crippen MR) is 99.2 cm³/mol. The molecular formula is C18H17F3N4O3S. The van der Waals surface area contributed by atoms with E-state index in [1.54, 1.807) is 24.3 Å². The molecule has 0 aliphatic carbocycles. The summed E-state index contributed by atoms with van der Waals surface area (Å²) in [5.74, 6) is -0.110. The van der Waals surface area contributed by atoms with Gasteiger partial charge in [-0.3, -0.25) is 0 Å². The number of hydrogen-bond acceptors (Lipinski definition) is 6. The fourth-order valence-electron chi connectivity index (χ4n) is 2.67. The van der Waals surface area contributed by atoms with Gasteiger partial charge in [0.15, 0.2) is 21.3 Å². The van der Waals surface area contributed by atoms with Crippen LogP contribution in [0, 0.1) is 0 Å². The third kappa shape index (κ3) is 4.57. The van der Waals surface area contributed by atoms with E-state index in [1.807, 2.05) is 6.07 Å². The zero-order valence-corrected chi connectivity index (χ0v) is 16.0. The molecule has 0 aliphatic rings. The number of nitrogens with zero attached hydrogens (tertiary/aromatic N) is 3. The van der Waals surface area contributed by atoms with E-state index < -0.39 is 33.9 Å². The van der Waals surface area contributed by atoms with E-state index in [0.29, 0.717) is 0 Å². The summed E-state index contributed by atoms with van der Waals surface area (Å²) in [6, 6.07) is 11.4. The first-order valence-corrected chi connectivity index (χ1v) is 10.2. The summed E-state index contributed by atoms with van der Waals surface area (Å²) >= 11 is 0. The molecule has 154 valence electrons. The fraction of sp³-hybridized carbons (Fsp3) is 0.222. The maximum Gasteiger partial charge on any atom is 0.435 e. The molecule has 0 fully saturated rings. The first kappa shape index (κ1) is 20.8. The van der Waals surface area contributed by atoms with Gasteiger partial charge in [-0.2, -0.15) is 23.0 Å². The van der Waals surface area contributed by atoms with Crippen molar-refractivity contribution in [1.82, 2.24) is 14.8 Å². The largest absolute Gasteiger partial charge is 0.435 e. The number of benzene rings is 1. The molecular weight excluding hydrogens is 409 g/mol. The summed E-state index contributed by atoms with van der Waals surface area (Å²) in [6.07, 6.45) is -2.76. The van der Waals surface area contributed by atoms with Crippen LogP contribution in [0.4, 0.5) is 19.0 Å². The summed E-state index contributed by atoms with van der Waals surface area (Å²) < 4.78 is 64.3. The van der Waals surface area contributed by atoms with Gasteiger partial charge in [0.05, 0.1) is 17.1 Å². The van der Waals surface area contributed by atoms with Crippen molar-refractivity contribution in [2.45, 2.75) is 24.2 Å². The van der Waals surface area contributed by atoms with Crippen molar-refractivity contribution in [3.05, 3.63) is 65.5 Å². The van der Waals surface area contributed by atoms with Crippen molar-refractivity contribution in [3.8, 4) is 5.82 Å². The van der Waals surface area contributed by atoms with E-state index >= 15 is 0 Å². The van der Waals surface area contributed by atoms with Crippen LogP contribution in [0.25, 0.3) is 5.82 Å². The second-order valence-electron chi connectivity index (χ2n) is 6.21. The van der Waals surface area contributed by atoms with Gasteiger partial charge in [0, 0.05) is 19.0 Å². The van der Waals surface area contributed by atoms with E-state index in [0.717, 1.165) is 22.7 Å². The van der Waals surface area contributed by atoms with Crippen LogP contribution in [0.3, 0.4) is 0 Å². The number of halogens is 3. The third-order valence-corrected chi connectivity index (χ3v) is 5.18. The van der Waals surface area contributed by atoms with Gasteiger partial charge in [-0.25, -0.2) is 13.4 Å². The summed E-state index contributed by atoms with van der Waals surface area (Å²) in [4.78, 5) is 3.86. The van der Waals surface area contributed by atoms with E-state index in [-0.39, 0.29) is 23.1 Å². The highest BCUT2D eigenvalue weighted by molar-refractivity contribution is 7.90. The number of sulfone groups is 1. The Bertz CT molecular complexity index is 1100. The molecule has 2 N–H and O–H groups in total. The number of rotatable bonds is 6. The average molecular weight is 426 g/mol. The minimum Gasteiger partial charge on any atom is -0.391 e. The maximum atomic E-state index is 13.4. The molecule has 0 radical (unpaired) electrons. The topological polar surface area (TPSA) is 97.1 Å². The molecule has 2 heterocycles. The lowest BCUT2D eigenvalue weighted by atomic mass is 10.2. The molecule has 7 nitrogen and oxygen atoms in total. The molecule has 0 spiro atoms. The molecule has 0 aliphatic heterocycles. The zero-order valence-electron chi connectivity index (χ0n) is 15.2. The molecule has 3 rings (SSSR count). The normalized spacial score (nSPS) is 12.2. The number of aliphatic hydroxyl groups is 1. The SMILES string of the molecule is CS(=O)(=O)c1ccc(-n2nc(C(F)(F)F)c(CO)c2NCc2ccccc2)nc1. The Labute approximate surface area is 164 Å². The molecule has 0 amide bonds. The molecule has 3 aromatic rings. The minimum absolute atomic E-state index is 0.0295. The van der Waals surface area contributed by atoms with Crippen molar-refractivity contribution in [3.63, 3.8) is 0 Å². The van der Waals surface area contributed by atoms with Crippen molar-refractivity contribution in [2.24, 2.45) is 0 Å². The molecule has 29 heavy (non-hydrogen) atoms. The summed E-state index contributed by atoms with van der Waals surface area (Å²) in [7, 11) is -3.52. The number of alkyl halides is 3. The van der Waals surface area contributed by atoms with Crippen LogP contribution in [-0.4, -0.2) is 34.5 Å². The smallest absolute Gasteiger partial charge is 0.391 e. The first-order valence-electron chi connectivity index (χ1n) is 8.35. The molecule has 2 aromatic heterocycles. The Morgan fingerprint density at radius 1 is 1.14 bits per heavy atom. The number of hydrogen-bond donors (Lipinski definition) is 2. The van der Waals surface area contributed by atoms with Crippen LogP contribution in [0.1, 0.15) is 16.8 Å². The Morgan fingerprint density at radius 3 is 2.34 bits per heavy atom.